The van der Waals surface area contributed by atoms with Crippen molar-refractivity contribution in [2.45, 2.75) is 19.4 Å². The van der Waals surface area contributed by atoms with Crippen LogP contribution in [0.2, 0.25) is 0 Å². The average Bonchev–Trinajstić information content (AvgIpc) is 2.29. The van der Waals surface area contributed by atoms with Gasteiger partial charge in [0.05, 0.1) is 6.10 Å². The lowest BCUT2D eigenvalue weighted by Gasteiger charge is -2.22. The van der Waals surface area contributed by atoms with Crippen molar-refractivity contribution in [3.8, 4) is 0 Å². The van der Waals surface area contributed by atoms with E-state index in [4.69, 9.17) is 0 Å². The van der Waals surface area contributed by atoms with Crippen LogP contribution in [0.4, 0.5) is 0 Å². The van der Waals surface area contributed by atoms with Crippen LogP contribution in [0.3, 0.4) is 0 Å². The number of rotatable bonds is 0. The van der Waals surface area contributed by atoms with E-state index in [1.165, 1.54) is 0 Å². The first kappa shape index (κ1) is 7.80. The van der Waals surface area contributed by atoms with E-state index >= 15 is 0 Å². The van der Waals surface area contributed by atoms with Gasteiger partial charge in [-0.05, 0) is 18.3 Å². The van der Waals surface area contributed by atoms with Gasteiger partial charge >= 0.3 is 0 Å². The Morgan fingerprint density at radius 2 is 2.42 bits per heavy atom. The summed E-state index contributed by atoms with van der Waals surface area (Å²) in [7, 11) is 0. The summed E-state index contributed by atoms with van der Waals surface area (Å²) in [4.78, 5) is 11.4. The number of hydrogen-bond acceptors (Lipinski definition) is 2. The average molecular weight is 167 g/mol. The normalized spacial score (nSPS) is 45.7. The Labute approximate surface area is 71.5 Å². The van der Waals surface area contributed by atoms with Gasteiger partial charge < -0.3 is 10.4 Å². The highest BCUT2D eigenvalue weighted by atomic mass is 16.3. The van der Waals surface area contributed by atoms with E-state index in [2.05, 4.69) is 5.32 Å². The highest BCUT2D eigenvalue weighted by molar-refractivity contribution is 5.82. The number of aliphatic hydroxyl groups excluding tert-OH is 1. The number of carbonyl (C=O) groups is 1. The van der Waals surface area contributed by atoms with Crippen LogP contribution in [0.1, 0.15) is 13.3 Å². The fourth-order valence-electron chi connectivity index (χ4n) is 2.25. The molecule has 0 spiro atoms. The number of amides is 1. The Hall–Kier alpha value is -0.830. The van der Waals surface area contributed by atoms with Crippen molar-refractivity contribution in [2.24, 2.45) is 17.8 Å². The van der Waals surface area contributed by atoms with Gasteiger partial charge in [-0.15, -0.1) is 0 Å². The highest BCUT2D eigenvalue weighted by Crippen LogP contribution is 2.39. The Balaban J connectivity index is 2.26. The molecule has 0 bridgehead atoms. The summed E-state index contributed by atoms with van der Waals surface area (Å²) in [6.07, 6.45) is 4.09. The summed E-state index contributed by atoms with van der Waals surface area (Å²) >= 11 is 0. The van der Waals surface area contributed by atoms with E-state index < -0.39 is 0 Å². The first-order chi connectivity index (χ1) is 5.70. The van der Waals surface area contributed by atoms with Crippen LogP contribution in [0.25, 0.3) is 0 Å². The molecule has 0 aromatic rings. The molecule has 1 saturated carbocycles. The molecule has 0 saturated heterocycles. The van der Waals surface area contributed by atoms with Crippen LogP contribution < -0.4 is 5.32 Å². The predicted octanol–water partition coefficient (Wildman–Crippen LogP) is 0.263. The van der Waals surface area contributed by atoms with Crippen molar-refractivity contribution in [1.82, 2.24) is 5.32 Å². The SMILES string of the molecule is CC1C(O)CC2C=CNC(=O)C21. The van der Waals surface area contributed by atoms with Gasteiger partial charge in [-0.1, -0.05) is 13.0 Å². The molecular weight excluding hydrogens is 154 g/mol. The molecule has 3 heteroatoms. The monoisotopic (exact) mass is 167 g/mol. The summed E-state index contributed by atoms with van der Waals surface area (Å²) < 4.78 is 0. The lowest BCUT2D eigenvalue weighted by Crippen LogP contribution is -2.36. The van der Waals surface area contributed by atoms with E-state index in [1.54, 1.807) is 6.20 Å². The Morgan fingerprint density at radius 1 is 1.67 bits per heavy atom. The predicted molar refractivity (Wildman–Crippen MR) is 44.1 cm³/mol. The topological polar surface area (TPSA) is 49.3 Å². The Morgan fingerprint density at radius 3 is 3.08 bits per heavy atom. The van der Waals surface area contributed by atoms with Crippen molar-refractivity contribution in [3.63, 3.8) is 0 Å². The van der Waals surface area contributed by atoms with E-state index in [9.17, 15) is 9.90 Å². The maximum atomic E-state index is 11.4. The minimum absolute atomic E-state index is 0.00926. The quantitative estimate of drug-likeness (QED) is 0.544. The van der Waals surface area contributed by atoms with Crippen molar-refractivity contribution < 1.29 is 9.90 Å². The van der Waals surface area contributed by atoms with Crippen LogP contribution in [-0.4, -0.2) is 17.1 Å². The molecule has 12 heavy (non-hydrogen) atoms. The van der Waals surface area contributed by atoms with Crippen molar-refractivity contribution in [3.05, 3.63) is 12.3 Å². The summed E-state index contributed by atoms with van der Waals surface area (Å²) in [6.45, 7) is 1.94. The molecule has 1 fully saturated rings. The molecule has 0 aromatic heterocycles. The summed E-state index contributed by atoms with van der Waals surface area (Å²) in [5, 5.41) is 12.2. The number of fused-ring (bicyclic) bond motifs is 1. The first-order valence-corrected chi connectivity index (χ1v) is 4.35. The minimum atomic E-state index is -0.312. The fourth-order valence-corrected chi connectivity index (χ4v) is 2.25. The molecular formula is C9H13NO2. The number of nitrogens with one attached hydrogen (secondary N) is 1. The molecule has 1 heterocycles. The van der Waals surface area contributed by atoms with E-state index in [0.717, 1.165) is 6.42 Å². The van der Waals surface area contributed by atoms with Crippen LogP contribution in [0.15, 0.2) is 12.3 Å². The molecule has 2 rings (SSSR count). The largest absolute Gasteiger partial charge is 0.393 e. The second-order valence-corrected chi connectivity index (χ2v) is 3.72. The Bertz CT molecular complexity index is 237. The van der Waals surface area contributed by atoms with E-state index in [-0.39, 0.29) is 29.8 Å². The van der Waals surface area contributed by atoms with E-state index in [1.807, 2.05) is 13.0 Å². The van der Waals surface area contributed by atoms with Crippen LogP contribution in [0.5, 0.6) is 0 Å². The molecule has 0 aromatic carbocycles. The third kappa shape index (κ3) is 0.966. The summed E-state index contributed by atoms with van der Waals surface area (Å²) in [6, 6.07) is 0. The lowest BCUT2D eigenvalue weighted by molar-refractivity contribution is -0.126. The highest BCUT2D eigenvalue weighted by Gasteiger charge is 2.43. The fraction of sp³-hybridized carbons (Fsp3) is 0.667. The van der Waals surface area contributed by atoms with Gasteiger partial charge in [-0.3, -0.25) is 4.79 Å². The molecule has 1 aliphatic heterocycles. The summed E-state index contributed by atoms with van der Waals surface area (Å²) in [5.74, 6) is 0.403. The number of allylic oxidation sites excluding steroid dienone is 1. The standard InChI is InChI=1S/C9H13NO2/c1-5-7(11)4-6-2-3-10-9(12)8(5)6/h2-3,5-8,11H,4H2,1H3,(H,10,12). The van der Waals surface area contributed by atoms with Crippen LogP contribution in [-0.2, 0) is 4.79 Å². The van der Waals surface area contributed by atoms with Gasteiger partial charge in [-0.25, -0.2) is 0 Å². The first-order valence-electron chi connectivity index (χ1n) is 4.35. The number of carbonyl (C=O) groups excluding carboxylic acids is 1. The number of hydrogen-bond donors (Lipinski definition) is 2. The van der Waals surface area contributed by atoms with E-state index in [0.29, 0.717) is 0 Å². The van der Waals surface area contributed by atoms with Gasteiger partial charge in [-0.2, -0.15) is 0 Å². The Kier molecular flexibility index (Phi) is 1.68. The smallest absolute Gasteiger partial charge is 0.227 e. The minimum Gasteiger partial charge on any atom is -0.393 e. The zero-order chi connectivity index (χ0) is 8.72. The zero-order valence-corrected chi connectivity index (χ0v) is 7.03. The van der Waals surface area contributed by atoms with Crippen molar-refractivity contribution in [2.75, 3.05) is 0 Å². The van der Waals surface area contributed by atoms with Crippen LogP contribution >= 0.6 is 0 Å². The van der Waals surface area contributed by atoms with Gasteiger partial charge in [0, 0.05) is 12.1 Å². The molecule has 3 nitrogen and oxygen atoms in total. The molecule has 2 aliphatic rings. The molecule has 4 unspecified atom stereocenters. The van der Waals surface area contributed by atoms with Crippen LogP contribution in [0, 0.1) is 17.8 Å². The molecule has 66 valence electrons. The maximum absolute atomic E-state index is 11.4. The third-order valence-electron chi connectivity index (χ3n) is 3.02. The molecule has 1 aliphatic carbocycles. The van der Waals surface area contributed by atoms with Gasteiger partial charge in [0.2, 0.25) is 5.91 Å². The van der Waals surface area contributed by atoms with Gasteiger partial charge in [0.15, 0.2) is 0 Å². The molecule has 0 radical (unpaired) electrons. The van der Waals surface area contributed by atoms with Gasteiger partial charge in [0.1, 0.15) is 0 Å². The molecule has 2 N–H and O–H groups in total. The van der Waals surface area contributed by atoms with Crippen molar-refractivity contribution >= 4 is 5.91 Å². The number of aliphatic hydroxyl groups is 1. The van der Waals surface area contributed by atoms with Gasteiger partial charge in [0.25, 0.3) is 0 Å². The zero-order valence-electron chi connectivity index (χ0n) is 7.03. The lowest BCUT2D eigenvalue weighted by atomic mass is 9.88. The van der Waals surface area contributed by atoms with Crippen molar-refractivity contribution in [1.29, 1.82) is 0 Å². The molecule has 1 amide bonds. The third-order valence-corrected chi connectivity index (χ3v) is 3.02. The maximum Gasteiger partial charge on any atom is 0.227 e. The molecule has 4 atom stereocenters. The summed E-state index contributed by atoms with van der Waals surface area (Å²) in [5.41, 5.74) is 0. The second-order valence-electron chi connectivity index (χ2n) is 3.72. The second kappa shape index (κ2) is 2.59.